The van der Waals surface area contributed by atoms with Gasteiger partial charge in [0, 0.05) is 15.9 Å². The van der Waals surface area contributed by atoms with Crippen molar-refractivity contribution < 1.29 is 22.8 Å². The molecule has 3 heterocycles. The Morgan fingerprint density at radius 2 is 2.03 bits per heavy atom. The normalized spacial score (nSPS) is 18.9. The van der Waals surface area contributed by atoms with Gasteiger partial charge in [-0.25, -0.2) is 8.42 Å². The number of ketones is 1. The van der Waals surface area contributed by atoms with Gasteiger partial charge in [0.2, 0.25) is 15.9 Å². The summed E-state index contributed by atoms with van der Waals surface area (Å²) in [5.41, 5.74) is 0. The molecule has 11 heteroatoms. The van der Waals surface area contributed by atoms with Gasteiger partial charge in [0.25, 0.3) is 5.91 Å². The maximum Gasteiger partial charge on any atom is 0.262 e. The van der Waals surface area contributed by atoms with Gasteiger partial charge in [0.15, 0.2) is 5.78 Å². The van der Waals surface area contributed by atoms with E-state index in [4.69, 9.17) is 0 Å². The summed E-state index contributed by atoms with van der Waals surface area (Å²) in [4.78, 5) is 39.2. The molecule has 33 heavy (non-hydrogen) atoms. The Labute approximate surface area is 202 Å². The molecular weight excluding hydrogens is 482 g/mol. The summed E-state index contributed by atoms with van der Waals surface area (Å²) in [6.45, 7) is 5.73. The zero-order valence-corrected chi connectivity index (χ0v) is 21.6. The zero-order valence-electron chi connectivity index (χ0n) is 19.1. The minimum Gasteiger partial charge on any atom is -0.344 e. The SMILES string of the molecule is CCCS(=O)(=O)N1CCCC(NC(=O)[C@H](CC(C)C)NC(=O)c2cc3sccc3s2)C(=O)C1. The van der Waals surface area contributed by atoms with E-state index in [1.807, 2.05) is 31.4 Å². The fourth-order valence-electron chi connectivity index (χ4n) is 3.86. The van der Waals surface area contributed by atoms with Crippen LogP contribution in [0.15, 0.2) is 17.5 Å². The molecule has 0 radical (unpaired) electrons. The average molecular weight is 514 g/mol. The van der Waals surface area contributed by atoms with Crippen molar-refractivity contribution in [3.63, 3.8) is 0 Å². The summed E-state index contributed by atoms with van der Waals surface area (Å²) in [7, 11) is -3.48. The molecule has 3 rings (SSSR count). The summed E-state index contributed by atoms with van der Waals surface area (Å²) in [5.74, 6) is -0.909. The number of fused-ring (bicyclic) bond motifs is 1. The first-order valence-corrected chi connectivity index (χ1v) is 14.5. The fraction of sp³-hybridized carbons (Fsp3) is 0.591. The van der Waals surface area contributed by atoms with Crippen LogP contribution in [0.1, 0.15) is 56.1 Å². The Bertz CT molecular complexity index is 1080. The molecule has 2 amide bonds. The number of Topliss-reactive ketones (excluding diaryl/α,β-unsaturated/α-hetero) is 1. The predicted molar refractivity (Wildman–Crippen MR) is 132 cm³/mol. The van der Waals surface area contributed by atoms with Crippen LogP contribution in [0.5, 0.6) is 0 Å². The number of amides is 2. The second kappa shape index (κ2) is 11.1. The number of carbonyl (C=O) groups excluding carboxylic acids is 3. The topological polar surface area (TPSA) is 113 Å². The Hall–Kier alpha value is -1.82. The fourth-order valence-corrected chi connectivity index (χ4v) is 7.37. The quantitative estimate of drug-likeness (QED) is 0.535. The van der Waals surface area contributed by atoms with Crippen molar-refractivity contribution in [1.29, 1.82) is 0 Å². The lowest BCUT2D eigenvalue weighted by Crippen LogP contribution is -2.52. The van der Waals surface area contributed by atoms with Gasteiger partial charge in [-0.3, -0.25) is 14.4 Å². The van der Waals surface area contributed by atoms with Crippen LogP contribution in [0.3, 0.4) is 0 Å². The van der Waals surface area contributed by atoms with Crippen LogP contribution < -0.4 is 10.6 Å². The second-order valence-corrected chi connectivity index (χ2v) is 12.9. The summed E-state index contributed by atoms with van der Waals surface area (Å²) in [5, 5.41) is 7.58. The highest BCUT2D eigenvalue weighted by atomic mass is 32.2. The van der Waals surface area contributed by atoms with Crippen LogP contribution in [-0.4, -0.2) is 61.2 Å². The van der Waals surface area contributed by atoms with E-state index in [1.54, 1.807) is 18.3 Å². The number of nitrogens with one attached hydrogen (secondary N) is 2. The number of thiophene rings is 2. The van der Waals surface area contributed by atoms with Gasteiger partial charge in [0.1, 0.15) is 6.04 Å². The van der Waals surface area contributed by atoms with Crippen LogP contribution >= 0.6 is 22.7 Å². The Morgan fingerprint density at radius 3 is 2.70 bits per heavy atom. The standard InChI is InChI=1S/C22H31N3O5S3/c1-4-10-33(29,30)25-8-5-6-15(17(26)13-25)23-21(27)16(11-14(2)3)24-22(28)20-12-19-18(32-20)7-9-31-19/h7,9,12,14-16H,4-6,8,10-11,13H2,1-3H3,(H,23,27)(H,24,28)/t15?,16-/m0/s1. The van der Waals surface area contributed by atoms with Crippen LogP contribution in [0, 0.1) is 5.92 Å². The number of carbonyl (C=O) groups is 3. The van der Waals surface area contributed by atoms with Crippen molar-refractivity contribution in [2.75, 3.05) is 18.8 Å². The van der Waals surface area contributed by atoms with E-state index >= 15 is 0 Å². The molecule has 8 nitrogen and oxygen atoms in total. The van der Waals surface area contributed by atoms with E-state index < -0.39 is 28.0 Å². The number of rotatable bonds is 9. The smallest absolute Gasteiger partial charge is 0.262 e. The molecule has 1 unspecified atom stereocenters. The largest absolute Gasteiger partial charge is 0.344 e. The number of hydrogen-bond acceptors (Lipinski definition) is 7. The van der Waals surface area contributed by atoms with Crippen molar-refractivity contribution in [2.45, 2.75) is 58.5 Å². The molecule has 1 fully saturated rings. The highest BCUT2D eigenvalue weighted by molar-refractivity contribution is 7.89. The highest BCUT2D eigenvalue weighted by Crippen LogP contribution is 2.30. The molecule has 182 valence electrons. The first kappa shape index (κ1) is 25.8. The summed E-state index contributed by atoms with van der Waals surface area (Å²) >= 11 is 2.94. The molecule has 2 atom stereocenters. The molecule has 2 aromatic heterocycles. The molecular formula is C22H31N3O5S3. The first-order valence-electron chi connectivity index (χ1n) is 11.2. The molecule has 2 N–H and O–H groups in total. The van der Waals surface area contributed by atoms with Crippen molar-refractivity contribution >= 4 is 59.7 Å². The molecule has 0 spiro atoms. The third-order valence-electron chi connectivity index (χ3n) is 5.49. The lowest BCUT2D eigenvalue weighted by atomic mass is 10.0. The van der Waals surface area contributed by atoms with Gasteiger partial charge < -0.3 is 10.6 Å². The summed E-state index contributed by atoms with van der Waals surface area (Å²) in [6, 6.07) is 2.23. The average Bonchev–Trinajstić information content (AvgIpc) is 3.28. The lowest BCUT2D eigenvalue weighted by molar-refractivity contribution is -0.129. The van der Waals surface area contributed by atoms with E-state index in [-0.39, 0.29) is 36.5 Å². The molecule has 0 aromatic carbocycles. The number of nitrogens with zero attached hydrogens (tertiary/aromatic N) is 1. The Kier molecular flexibility index (Phi) is 8.65. The Morgan fingerprint density at radius 1 is 1.27 bits per heavy atom. The van der Waals surface area contributed by atoms with Gasteiger partial charge in [-0.05, 0) is 49.1 Å². The molecule has 1 saturated heterocycles. The van der Waals surface area contributed by atoms with E-state index in [0.717, 1.165) is 9.40 Å². The first-order chi connectivity index (χ1) is 15.6. The molecule has 0 bridgehead atoms. The van der Waals surface area contributed by atoms with Gasteiger partial charge in [-0.1, -0.05) is 20.8 Å². The third kappa shape index (κ3) is 6.62. The summed E-state index contributed by atoms with van der Waals surface area (Å²) in [6.07, 6.45) is 1.75. The maximum absolute atomic E-state index is 13.1. The van der Waals surface area contributed by atoms with Crippen LogP contribution in [0.4, 0.5) is 0 Å². The molecule has 2 aromatic rings. The van der Waals surface area contributed by atoms with E-state index in [1.165, 1.54) is 15.6 Å². The van der Waals surface area contributed by atoms with Crippen molar-refractivity contribution in [3.8, 4) is 0 Å². The number of sulfonamides is 1. The van der Waals surface area contributed by atoms with Crippen molar-refractivity contribution in [1.82, 2.24) is 14.9 Å². The van der Waals surface area contributed by atoms with Gasteiger partial charge in [-0.15, -0.1) is 22.7 Å². The van der Waals surface area contributed by atoms with Crippen LogP contribution in [0.25, 0.3) is 9.40 Å². The van der Waals surface area contributed by atoms with Gasteiger partial charge >= 0.3 is 0 Å². The predicted octanol–water partition coefficient (Wildman–Crippen LogP) is 3.00. The minimum absolute atomic E-state index is 0.000244. The van der Waals surface area contributed by atoms with Gasteiger partial charge in [0.05, 0.1) is 23.2 Å². The maximum atomic E-state index is 13.1. The third-order valence-corrected chi connectivity index (χ3v) is 9.60. The lowest BCUT2D eigenvalue weighted by Gasteiger charge is -2.23. The second-order valence-electron chi connectivity index (χ2n) is 8.73. The minimum atomic E-state index is -3.48. The molecule has 0 saturated carbocycles. The number of hydrogen-bond donors (Lipinski definition) is 2. The monoisotopic (exact) mass is 513 g/mol. The van der Waals surface area contributed by atoms with E-state index in [9.17, 15) is 22.8 Å². The Balaban J connectivity index is 1.67. The van der Waals surface area contributed by atoms with Crippen LogP contribution in [0.2, 0.25) is 0 Å². The van der Waals surface area contributed by atoms with Crippen LogP contribution in [-0.2, 0) is 19.6 Å². The zero-order chi connectivity index (χ0) is 24.2. The highest BCUT2D eigenvalue weighted by Gasteiger charge is 2.33. The molecule has 0 aliphatic carbocycles. The van der Waals surface area contributed by atoms with E-state index in [0.29, 0.717) is 30.6 Å². The molecule has 1 aliphatic rings. The summed E-state index contributed by atoms with van der Waals surface area (Å²) < 4.78 is 28.0. The van der Waals surface area contributed by atoms with Gasteiger partial charge in [-0.2, -0.15) is 4.31 Å². The van der Waals surface area contributed by atoms with Crippen molar-refractivity contribution in [3.05, 3.63) is 22.4 Å². The molecule has 1 aliphatic heterocycles. The van der Waals surface area contributed by atoms with E-state index in [2.05, 4.69) is 10.6 Å². The van der Waals surface area contributed by atoms with Crippen molar-refractivity contribution in [2.24, 2.45) is 5.92 Å².